The molecule has 4 heterocycles. The highest BCUT2D eigenvalue weighted by molar-refractivity contribution is 6.24. The van der Waals surface area contributed by atoms with Crippen molar-refractivity contribution < 1.29 is 23.9 Å². The number of nitrogens with zero attached hydrogens (tertiary/aromatic N) is 2. The summed E-state index contributed by atoms with van der Waals surface area (Å²) in [6.07, 6.45) is 1.76. The van der Waals surface area contributed by atoms with Gasteiger partial charge in [0, 0.05) is 17.7 Å². The summed E-state index contributed by atoms with van der Waals surface area (Å²) in [5.41, 5.74) is 1.06. The van der Waals surface area contributed by atoms with E-state index < -0.39 is 17.9 Å². The van der Waals surface area contributed by atoms with E-state index in [9.17, 15) is 14.4 Å². The average molecular weight is 418 g/mol. The lowest BCUT2D eigenvalue weighted by Crippen LogP contribution is -2.46. The summed E-state index contributed by atoms with van der Waals surface area (Å²) < 4.78 is 11.2. The van der Waals surface area contributed by atoms with Crippen molar-refractivity contribution in [3.63, 3.8) is 0 Å². The van der Waals surface area contributed by atoms with Crippen molar-refractivity contribution >= 4 is 23.3 Å². The van der Waals surface area contributed by atoms with E-state index in [1.807, 2.05) is 18.2 Å². The van der Waals surface area contributed by atoms with Gasteiger partial charge in [0.15, 0.2) is 17.3 Å². The lowest BCUT2D eigenvalue weighted by atomic mass is 9.85. The molecule has 4 aliphatic heterocycles. The highest BCUT2D eigenvalue weighted by atomic mass is 16.6. The molecule has 0 aromatic heterocycles. The van der Waals surface area contributed by atoms with Crippen LogP contribution in [0.15, 0.2) is 48.5 Å². The molecule has 0 saturated carbocycles. The maximum Gasteiger partial charge on any atom is 0.239 e. The summed E-state index contributed by atoms with van der Waals surface area (Å²) in [5.74, 6) is -0.596. The molecule has 0 bridgehead atoms. The minimum atomic E-state index is -0.654. The van der Waals surface area contributed by atoms with Crippen LogP contribution in [0.5, 0.6) is 11.5 Å². The number of rotatable bonds is 3. The summed E-state index contributed by atoms with van der Waals surface area (Å²) in [6.45, 7) is 1.64. The predicted molar refractivity (Wildman–Crippen MR) is 111 cm³/mol. The van der Waals surface area contributed by atoms with E-state index in [2.05, 4.69) is 4.90 Å². The summed E-state index contributed by atoms with van der Waals surface area (Å²) in [5, 5.41) is 0. The zero-order valence-corrected chi connectivity index (χ0v) is 16.9. The first-order valence-corrected chi connectivity index (χ1v) is 10.8. The van der Waals surface area contributed by atoms with Crippen molar-refractivity contribution in [3.05, 3.63) is 54.1 Å². The molecule has 0 spiro atoms. The minimum absolute atomic E-state index is 0.0682. The molecular weight excluding hydrogens is 396 g/mol. The van der Waals surface area contributed by atoms with E-state index in [-0.39, 0.29) is 23.6 Å². The summed E-state index contributed by atoms with van der Waals surface area (Å²) in [6, 6.07) is 13.5. The number of hydrogen-bond donors (Lipinski definition) is 0. The van der Waals surface area contributed by atoms with Gasteiger partial charge in [0.25, 0.3) is 0 Å². The van der Waals surface area contributed by atoms with Crippen molar-refractivity contribution in [1.29, 1.82) is 0 Å². The molecule has 4 aliphatic rings. The molecule has 158 valence electrons. The molecule has 0 N–H and O–H groups in total. The van der Waals surface area contributed by atoms with Gasteiger partial charge >= 0.3 is 0 Å². The Bertz CT molecular complexity index is 1080. The number of carbonyl (C=O) groups is 3. The van der Waals surface area contributed by atoms with Crippen molar-refractivity contribution in [2.24, 2.45) is 11.8 Å². The van der Waals surface area contributed by atoms with Crippen LogP contribution >= 0.6 is 0 Å². The lowest BCUT2D eigenvalue weighted by Gasteiger charge is -2.28. The first kappa shape index (κ1) is 18.6. The quantitative estimate of drug-likeness (QED) is 0.562. The standard InChI is InChI=1S/C24H22N2O5/c27-22(14-5-2-1-3-6-14)21-20-19(16-7-4-10-25(16)21)23(28)26(24(20)29)15-8-9-17-18(13-15)31-12-11-30-17/h1-3,5-6,8-9,13,16,19-21H,4,7,10-12H2/t16-,19+,20-,21-/m1/s1. The van der Waals surface area contributed by atoms with Gasteiger partial charge in [-0.3, -0.25) is 19.3 Å². The Balaban J connectivity index is 1.39. The average Bonchev–Trinajstić information content (AvgIpc) is 3.45. The van der Waals surface area contributed by atoms with Crippen LogP contribution in [0.4, 0.5) is 5.69 Å². The van der Waals surface area contributed by atoms with E-state index in [1.165, 1.54) is 4.90 Å². The number of imide groups is 1. The van der Waals surface area contributed by atoms with Gasteiger partial charge in [0.2, 0.25) is 11.8 Å². The van der Waals surface area contributed by atoms with E-state index in [4.69, 9.17) is 9.47 Å². The largest absolute Gasteiger partial charge is 0.486 e. The van der Waals surface area contributed by atoms with Gasteiger partial charge in [0.05, 0.1) is 23.6 Å². The van der Waals surface area contributed by atoms with Crippen LogP contribution in [0.25, 0.3) is 0 Å². The lowest BCUT2D eigenvalue weighted by molar-refractivity contribution is -0.123. The molecule has 7 heteroatoms. The van der Waals surface area contributed by atoms with Gasteiger partial charge in [0.1, 0.15) is 13.2 Å². The summed E-state index contributed by atoms with van der Waals surface area (Å²) in [7, 11) is 0. The molecule has 3 fully saturated rings. The third kappa shape index (κ3) is 2.66. The normalized spacial score (nSPS) is 29.2. The first-order valence-electron chi connectivity index (χ1n) is 10.8. The molecule has 2 amide bonds. The minimum Gasteiger partial charge on any atom is -0.486 e. The molecule has 4 atom stereocenters. The van der Waals surface area contributed by atoms with Crippen molar-refractivity contribution in [3.8, 4) is 11.5 Å². The highest BCUT2D eigenvalue weighted by Crippen LogP contribution is 2.49. The molecule has 2 aromatic rings. The van der Waals surface area contributed by atoms with Crippen LogP contribution in [0.1, 0.15) is 23.2 Å². The number of amides is 2. The van der Waals surface area contributed by atoms with Gasteiger partial charge in [-0.25, -0.2) is 4.90 Å². The van der Waals surface area contributed by atoms with Gasteiger partial charge in [-0.15, -0.1) is 0 Å². The van der Waals surface area contributed by atoms with E-state index in [0.29, 0.717) is 36.0 Å². The molecule has 6 rings (SSSR count). The Morgan fingerprint density at radius 2 is 1.65 bits per heavy atom. The molecule has 0 aliphatic carbocycles. The number of fused-ring (bicyclic) bond motifs is 4. The Labute approximate surface area is 179 Å². The number of anilines is 1. The van der Waals surface area contributed by atoms with Crippen molar-refractivity contribution in [1.82, 2.24) is 4.90 Å². The SMILES string of the molecule is O=C(c1ccccc1)[C@H]1[C@@H]2C(=O)N(c3ccc4c(c3)OCCO4)C(=O)[C@H]2[C@H]2CCCN21. The van der Waals surface area contributed by atoms with Gasteiger partial charge < -0.3 is 9.47 Å². The van der Waals surface area contributed by atoms with E-state index in [1.54, 1.807) is 30.3 Å². The third-order valence-corrected chi connectivity index (χ3v) is 6.96. The Morgan fingerprint density at radius 3 is 2.45 bits per heavy atom. The number of ether oxygens (including phenoxy) is 2. The number of carbonyl (C=O) groups excluding carboxylic acids is 3. The molecular formula is C24H22N2O5. The van der Waals surface area contributed by atoms with Crippen molar-refractivity contribution in [2.45, 2.75) is 24.9 Å². The van der Waals surface area contributed by atoms with Gasteiger partial charge in [-0.2, -0.15) is 0 Å². The molecule has 0 unspecified atom stereocenters. The van der Waals surface area contributed by atoms with Gasteiger partial charge in [-0.05, 0) is 31.5 Å². The third-order valence-electron chi connectivity index (χ3n) is 6.96. The smallest absolute Gasteiger partial charge is 0.239 e. The molecule has 2 aromatic carbocycles. The predicted octanol–water partition coefficient (Wildman–Crippen LogP) is 2.29. The maximum absolute atomic E-state index is 13.6. The van der Waals surface area contributed by atoms with Crippen LogP contribution in [0.2, 0.25) is 0 Å². The second-order valence-electron chi connectivity index (χ2n) is 8.51. The van der Waals surface area contributed by atoms with E-state index >= 15 is 0 Å². The Kier molecular flexibility index (Phi) is 4.14. The monoisotopic (exact) mass is 418 g/mol. The number of Topliss-reactive ketones (excluding diaryl/α,β-unsaturated/α-hetero) is 1. The van der Waals surface area contributed by atoms with Crippen LogP contribution in [-0.2, 0) is 9.59 Å². The second kappa shape index (κ2) is 6.92. The zero-order chi connectivity index (χ0) is 21.1. The van der Waals surface area contributed by atoms with Crippen LogP contribution in [0, 0.1) is 11.8 Å². The number of ketones is 1. The summed E-state index contributed by atoms with van der Waals surface area (Å²) in [4.78, 5) is 43.9. The highest BCUT2D eigenvalue weighted by Gasteiger charge is 2.64. The topological polar surface area (TPSA) is 76.1 Å². The van der Waals surface area contributed by atoms with Crippen molar-refractivity contribution in [2.75, 3.05) is 24.7 Å². The van der Waals surface area contributed by atoms with Crippen LogP contribution in [0.3, 0.4) is 0 Å². The maximum atomic E-state index is 13.6. The van der Waals surface area contributed by atoms with Gasteiger partial charge in [-0.1, -0.05) is 30.3 Å². The van der Waals surface area contributed by atoms with Crippen LogP contribution in [-0.4, -0.2) is 54.3 Å². The number of hydrogen-bond acceptors (Lipinski definition) is 6. The molecule has 3 saturated heterocycles. The molecule has 31 heavy (non-hydrogen) atoms. The first-order chi connectivity index (χ1) is 15.1. The second-order valence-corrected chi connectivity index (χ2v) is 8.51. The fourth-order valence-electron chi connectivity index (χ4n) is 5.71. The fraction of sp³-hybridized carbons (Fsp3) is 0.375. The number of benzene rings is 2. The zero-order valence-electron chi connectivity index (χ0n) is 16.9. The van der Waals surface area contributed by atoms with E-state index in [0.717, 1.165) is 19.4 Å². The Morgan fingerprint density at radius 1 is 0.903 bits per heavy atom. The Hall–Kier alpha value is -3.19. The summed E-state index contributed by atoms with van der Waals surface area (Å²) >= 11 is 0. The fourth-order valence-corrected chi connectivity index (χ4v) is 5.71. The molecule has 0 radical (unpaired) electrons. The molecule has 7 nitrogen and oxygen atoms in total. The van der Waals surface area contributed by atoms with Crippen LogP contribution < -0.4 is 14.4 Å².